The third-order valence-corrected chi connectivity index (χ3v) is 5.26. The summed E-state index contributed by atoms with van der Waals surface area (Å²) in [6, 6.07) is 2.07. The molecule has 1 aliphatic rings. The molecule has 0 spiro atoms. The Balaban J connectivity index is 1.72. The van der Waals surface area contributed by atoms with Crippen molar-refractivity contribution in [2.45, 2.75) is 30.6 Å². The average molecular weight is 404 g/mol. The number of likely N-dealkylation sites (tertiary alicyclic amines) is 1. The van der Waals surface area contributed by atoms with Gasteiger partial charge in [-0.3, -0.25) is 19.3 Å². The van der Waals surface area contributed by atoms with Gasteiger partial charge in [0.1, 0.15) is 16.5 Å². The van der Waals surface area contributed by atoms with Crippen LogP contribution in [0.4, 0.5) is 8.78 Å². The van der Waals surface area contributed by atoms with E-state index in [1.807, 2.05) is 0 Å². The second-order valence-corrected chi connectivity index (χ2v) is 7.51. The summed E-state index contributed by atoms with van der Waals surface area (Å²) in [5, 5.41) is 0. The van der Waals surface area contributed by atoms with Gasteiger partial charge in [-0.05, 0) is 25.0 Å². The van der Waals surface area contributed by atoms with E-state index in [0.717, 1.165) is 17.0 Å². The Kier molecular flexibility index (Phi) is 6.97. The van der Waals surface area contributed by atoms with E-state index >= 15 is 0 Å². The molecule has 148 valence electrons. The number of benzene rings is 1. The van der Waals surface area contributed by atoms with E-state index in [-0.39, 0.29) is 31.7 Å². The smallest absolute Gasteiger partial charge is 0.306 e. The molecular formula is C16H18F2N2O6S. The van der Waals surface area contributed by atoms with Crippen molar-refractivity contribution in [3.63, 3.8) is 0 Å². The van der Waals surface area contributed by atoms with Crippen molar-refractivity contribution in [1.82, 2.24) is 9.62 Å². The van der Waals surface area contributed by atoms with E-state index in [9.17, 15) is 31.6 Å². The molecule has 2 amide bonds. The molecule has 1 aliphatic heterocycles. The van der Waals surface area contributed by atoms with Crippen LogP contribution in [0.3, 0.4) is 0 Å². The molecule has 1 aromatic carbocycles. The van der Waals surface area contributed by atoms with Crippen molar-refractivity contribution in [2.24, 2.45) is 0 Å². The molecule has 0 aliphatic carbocycles. The molecule has 8 nitrogen and oxygen atoms in total. The highest BCUT2D eigenvalue weighted by molar-refractivity contribution is 7.89. The molecule has 0 radical (unpaired) electrons. The lowest BCUT2D eigenvalue weighted by molar-refractivity contribution is -0.154. The number of rotatable bonds is 8. The Morgan fingerprint density at radius 1 is 1.26 bits per heavy atom. The first-order valence-electron chi connectivity index (χ1n) is 8.14. The fourth-order valence-corrected chi connectivity index (χ4v) is 3.55. The van der Waals surface area contributed by atoms with Gasteiger partial charge in [0, 0.05) is 32.0 Å². The highest BCUT2D eigenvalue weighted by atomic mass is 32.2. The zero-order chi connectivity index (χ0) is 20.0. The second-order valence-electron chi connectivity index (χ2n) is 5.78. The quantitative estimate of drug-likeness (QED) is 0.505. The number of nitrogens with zero attached hydrogens (tertiary/aromatic N) is 1. The number of hydrogen-bond acceptors (Lipinski definition) is 6. The summed E-state index contributed by atoms with van der Waals surface area (Å²) in [6.07, 6.45) is 0.717. The van der Waals surface area contributed by atoms with Crippen LogP contribution in [0, 0.1) is 11.6 Å². The zero-order valence-electron chi connectivity index (χ0n) is 14.2. The first kappa shape index (κ1) is 20.9. The van der Waals surface area contributed by atoms with Gasteiger partial charge in [-0.1, -0.05) is 0 Å². The Hall–Kier alpha value is -2.40. The fraction of sp³-hybridized carbons (Fsp3) is 0.438. The van der Waals surface area contributed by atoms with Crippen LogP contribution in [-0.2, 0) is 29.1 Å². The van der Waals surface area contributed by atoms with Gasteiger partial charge in [-0.25, -0.2) is 21.9 Å². The number of esters is 1. The molecule has 0 aromatic heterocycles. The van der Waals surface area contributed by atoms with Crippen LogP contribution in [-0.4, -0.2) is 50.8 Å². The van der Waals surface area contributed by atoms with Gasteiger partial charge < -0.3 is 4.74 Å². The van der Waals surface area contributed by atoms with Crippen LogP contribution < -0.4 is 4.72 Å². The maximum absolute atomic E-state index is 13.5. The molecule has 27 heavy (non-hydrogen) atoms. The topological polar surface area (TPSA) is 110 Å². The molecular weight excluding hydrogens is 386 g/mol. The Labute approximate surface area is 154 Å². The van der Waals surface area contributed by atoms with Gasteiger partial charge in [-0.15, -0.1) is 0 Å². The summed E-state index contributed by atoms with van der Waals surface area (Å²) in [7, 11) is -4.19. The molecule has 2 rings (SSSR count). The van der Waals surface area contributed by atoms with E-state index in [1.165, 1.54) is 0 Å². The molecule has 1 fully saturated rings. The molecule has 1 saturated heterocycles. The number of sulfonamides is 1. The lowest BCUT2D eigenvalue weighted by Gasteiger charge is -2.13. The number of amides is 2. The first-order valence-corrected chi connectivity index (χ1v) is 9.62. The van der Waals surface area contributed by atoms with Gasteiger partial charge in [0.2, 0.25) is 15.9 Å². The van der Waals surface area contributed by atoms with Gasteiger partial charge in [-0.2, -0.15) is 0 Å². The number of nitrogens with one attached hydrogen (secondary N) is 1. The molecule has 0 bridgehead atoms. The van der Waals surface area contributed by atoms with Crippen molar-refractivity contribution in [3.8, 4) is 0 Å². The van der Waals surface area contributed by atoms with E-state index in [2.05, 4.69) is 4.72 Å². The van der Waals surface area contributed by atoms with Gasteiger partial charge >= 0.3 is 5.97 Å². The largest absolute Gasteiger partial charge is 0.456 e. The minimum atomic E-state index is -4.19. The van der Waals surface area contributed by atoms with Crippen LogP contribution >= 0.6 is 0 Å². The fourth-order valence-electron chi connectivity index (χ4n) is 2.41. The third kappa shape index (κ3) is 5.79. The number of hydrogen-bond donors (Lipinski definition) is 1. The van der Waals surface area contributed by atoms with Crippen molar-refractivity contribution in [1.29, 1.82) is 0 Å². The summed E-state index contributed by atoms with van der Waals surface area (Å²) in [5.74, 6) is -3.77. The molecule has 11 heteroatoms. The molecule has 0 unspecified atom stereocenters. The zero-order valence-corrected chi connectivity index (χ0v) is 15.1. The number of carbonyl (C=O) groups excluding carboxylic acids is 3. The molecule has 1 aromatic rings. The average Bonchev–Trinajstić information content (AvgIpc) is 3.02. The number of carbonyl (C=O) groups is 3. The number of halogens is 2. The minimum Gasteiger partial charge on any atom is -0.456 e. The van der Waals surface area contributed by atoms with Crippen molar-refractivity contribution >= 4 is 27.8 Å². The predicted octanol–water partition coefficient (Wildman–Crippen LogP) is 0.715. The van der Waals surface area contributed by atoms with Crippen LogP contribution in [0.1, 0.15) is 25.7 Å². The van der Waals surface area contributed by atoms with Crippen molar-refractivity contribution < 1.29 is 36.3 Å². The van der Waals surface area contributed by atoms with Crippen molar-refractivity contribution in [2.75, 3.05) is 19.7 Å². The Bertz CT molecular complexity index is 843. The van der Waals surface area contributed by atoms with E-state index < -0.39 is 45.0 Å². The lowest BCUT2D eigenvalue weighted by atomic mass is 10.3. The van der Waals surface area contributed by atoms with Crippen LogP contribution in [0.15, 0.2) is 23.1 Å². The predicted molar refractivity (Wildman–Crippen MR) is 87.7 cm³/mol. The van der Waals surface area contributed by atoms with E-state index in [4.69, 9.17) is 4.74 Å². The SMILES string of the molecule is O=C(CCCNS(=O)(=O)c1ccc(F)cc1F)OCC(=O)N1CCCC1=O. The van der Waals surface area contributed by atoms with Crippen LogP contribution in [0.25, 0.3) is 0 Å². The third-order valence-electron chi connectivity index (χ3n) is 3.76. The van der Waals surface area contributed by atoms with E-state index in [1.54, 1.807) is 0 Å². The standard InChI is InChI=1S/C16H18F2N2O6S/c17-11-5-6-13(12(18)9-11)27(24,25)19-7-1-4-16(23)26-10-15(22)20-8-2-3-14(20)21/h5-6,9,19H,1-4,7-8,10H2. The summed E-state index contributed by atoms with van der Waals surface area (Å²) in [5.41, 5.74) is 0. The molecule has 1 N–H and O–H groups in total. The highest BCUT2D eigenvalue weighted by Crippen LogP contribution is 2.15. The monoisotopic (exact) mass is 404 g/mol. The highest BCUT2D eigenvalue weighted by Gasteiger charge is 2.27. The van der Waals surface area contributed by atoms with Crippen molar-refractivity contribution in [3.05, 3.63) is 29.8 Å². The molecule has 1 heterocycles. The lowest BCUT2D eigenvalue weighted by Crippen LogP contribution is -2.35. The summed E-state index contributed by atoms with van der Waals surface area (Å²) in [6.45, 7) is -0.444. The molecule has 0 atom stereocenters. The van der Waals surface area contributed by atoms with Gasteiger partial charge in [0.05, 0.1) is 0 Å². The van der Waals surface area contributed by atoms with Gasteiger partial charge in [0.25, 0.3) is 5.91 Å². The molecule has 0 saturated carbocycles. The minimum absolute atomic E-state index is 0.0394. The summed E-state index contributed by atoms with van der Waals surface area (Å²) < 4.78 is 57.1. The maximum Gasteiger partial charge on any atom is 0.306 e. The van der Waals surface area contributed by atoms with E-state index in [0.29, 0.717) is 19.0 Å². The van der Waals surface area contributed by atoms with Crippen LogP contribution in [0.2, 0.25) is 0 Å². The summed E-state index contributed by atoms with van der Waals surface area (Å²) in [4.78, 5) is 35.0. The maximum atomic E-state index is 13.5. The second kappa shape index (κ2) is 9.00. The normalized spacial score (nSPS) is 14.4. The Morgan fingerprint density at radius 2 is 2.00 bits per heavy atom. The van der Waals surface area contributed by atoms with Crippen LogP contribution in [0.5, 0.6) is 0 Å². The number of ether oxygens (including phenoxy) is 1. The first-order chi connectivity index (χ1) is 12.7. The number of imide groups is 1. The van der Waals surface area contributed by atoms with Gasteiger partial charge in [0.15, 0.2) is 6.61 Å². The Morgan fingerprint density at radius 3 is 2.63 bits per heavy atom. The summed E-state index contributed by atoms with van der Waals surface area (Å²) >= 11 is 0.